The zero-order valence-electron chi connectivity index (χ0n) is 9.39. The lowest BCUT2D eigenvalue weighted by molar-refractivity contribution is 0.143. The van der Waals surface area contributed by atoms with Crippen LogP contribution < -0.4 is 5.73 Å². The Morgan fingerprint density at radius 1 is 1.60 bits per heavy atom. The summed E-state index contributed by atoms with van der Waals surface area (Å²) in [4.78, 5) is 2.22. The summed E-state index contributed by atoms with van der Waals surface area (Å²) in [5, 5.41) is 13.2. The molecule has 1 heterocycles. The fourth-order valence-electron chi connectivity index (χ4n) is 1.91. The van der Waals surface area contributed by atoms with Crippen LogP contribution in [0.1, 0.15) is 25.5 Å². The quantitative estimate of drug-likeness (QED) is 0.775. The molecule has 0 bridgehead atoms. The van der Waals surface area contributed by atoms with Crippen molar-refractivity contribution < 1.29 is 5.11 Å². The van der Waals surface area contributed by atoms with Gasteiger partial charge < -0.3 is 10.8 Å². The van der Waals surface area contributed by atoms with Crippen LogP contribution in [0.25, 0.3) is 0 Å². The van der Waals surface area contributed by atoms with Crippen LogP contribution in [0.3, 0.4) is 0 Å². The molecule has 0 amide bonds. The molecule has 1 aromatic heterocycles. The Kier molecular flexibility index (Phi) is 5.25. The van der Waals surface area contributed by atoms with E-state index in [-0.39, 0.29) is 18.7 Å². The van der Waals surface area contributed by atoms with Crippen molar-refractivity contribution in [2.24, 2.45) is 5.73 Å². The van der Waals surface area contributed by atoms with Crippen LogP contribution >= 0.6 is 11.3 Å². The van der Waals surface area contributed by atoms with E-state index in [0.717, 1.165) is 6.54 Å². The summed E-state index contributed by atoms with van der Waals surface area (Å²) in [6.07, 6.45) is 0. The van der Waals surface area contributed by atoms with E-state index in [9.17, 15) is 0 Å². The molecule has 15 heavy (non-hydrogen) atoms. The number of hydrogen-bond acceptors (Lipinski definition) is 4. The first-order valence-electron chi connectivity index (χ1n) is 5.33. The average Bonchev–Trinajstić information content (AvgIpc) is 2.69. The van der Waals surface area contributed by atoms with Crippen LogP contribution in [0.5, 0.6) is 0 Å². The first-order chi connectivity index (χ1) is 7.20. The van der Waals surface area contributed by atoms with Gasteiger partial charge in [-0.2, -0.15) is 11.3 Å². The van der Waals surface area contributed by atoms with Crippen LogP contribution in [0, 0.1) is 0 Å². The summed E-state index contributed by atoms with van der Waals surface area (Å²) in [5.41, 5.74) is 7.27. The van der Waals surface area contributed by atoms with Crippen LogP contribution in [0.2, 0.25) is 0 Å². The molecule has 1 rings (SSSR count). The number of likely N-dealkylation sites (N-methyl/N-ethyl adjacent to an activating group) is 1. The molecule has 2 atom stereocenters. The van der Waals surface area contributed by atoms with Crippen LogP contribution in [-0.2, 0) is 0 Å². The molecule has 0 spiro atoms. The van der Waals surface area contributed by atoms with Crippen molar-refractivity contribution in [1.29, 1.82) is 0 Å². The lowest BCUT2D eigenvalue weighted by Crippen LogP contribution is -2.40. The molecule has 3 nitrogen and oxygen atoms in total. The summed E-state index contributed by atoms with van der Waals surface area (Å²) in [6.45, 7) is 5.88. The van der Waals surface area contributed by atoms with Gasteiger partial charge >= 0.3 is 0 Å². The Bertz CT molecular complexity index is 262. The molecule has 0 saturated heterocycles. The fraction of sp³-hybridized carbons (Fsp3) is 0.636. The SMILES string of the molecule is CCN(CCO)C(c1ccsc1)C(C)N. The van der Waals surface area contributed by atoms with Gasteiger partial charge in [-0.05, 0) is 35.9 Å². The molecule has 0 saturated carbocycles. The van der Waals surface area contributed by atoms with Gasteiger partial charge in [0.15, 0.2) is 0 Å². The van der Waals surface area contributed by atoms with E-state index in [0.29, 0.717) is 6.54 Å². The summed E-state index contributed by atoms with van der Waals surface area (Å²) in [5.74, 6) is 0. The van der Waals surface area contributed by atoms with E-state index in [1.54, 1.807) is 11.3 Å². The highest BCUT2D eigenvalue weighted by Gasteiger charge is 2.22. The molecule has 1 aromatic rings. The Morgan fingerprint density at radius 3 is 2.73 bits per heavy atom. The van der Waals surface area contributed by atoms with Gasteiger partial charge in [0.2, 0.25) is 0 Å². The van der Waals surface area contributed by atoms with Gasteiger partial charge in [0.25, 0.3) is 0 Å². The first-order valence-corrected chi connectivity index (χ1v) is 6.27. The van der Waals surface area contributed by atoms with Crippen molar-refractivity contribution >= 4 is 11.3 Å². The van der Waals surface area contributed by atoms with E-state index in [1.807, 2.05) is 6.92 Å². The summed E-state index contributed by atoms with van der Waals surface area (Å²) >= 11 is 1.69. The maximum Gasteiger partial charge on any atom is 0.0558 e. The van der Waals surface area contributed by atoms with Crippen molar-refractivity contribution in [3.05, 3.63) is 22.4 Å². The zero-order valence-corrected chi connectivity index (χ0v) is 10.2. The number of rotatable bonds is 6. The third-order valence-corrected chi connectivity index (χ3v) is 3.27. The normalized spacial score (nSPS) is 15.5. The highest BCUT2D eigenvalue weighted by molar-refractivity contribution is 7.07. The molecule has 0 aliphatic heterocycles. The van der Waals surface area contributed by atoms with Gasteiger partial charge in [-0.15, -0.1) is 0 Å². The lowest BCUT2D eigenvalue weighted by Gasteiger charge is -2.32. The van der Waals surface area contributed by atoms with Crippen LogP contribution in [-0.4, -0.2) is 35.7 Å². The minimum absolute atomic E-state index is 0.0751. The standard InChI is InChI=1S/C11H20N2OS/c1-3-13(5-6-14)11(9(2)12)10-4-7-15-8-10/h4,7-9,11,14H,3,5-6,12H2,1-2H3. The van der Waals surface area contributed by atoms with E-state index in [1.165, 1.54) is 5.56 Å². The topological polar surface area (TPSA) is 49.5 Å². The number of nitrogens with zero attached hydrogens (tertiary/aromatic N) is 1. The molecule has 86 valence electrons. The number of thiophene rings is 1. The van der Waals surface area contributed by atoms with Gasteiger partial charge in [0, 0.05) is 12.6 Å². The summed E-state index contributed by atoms with van der Waals surface area (Å²) in [7, 11) is 0. The Hall–Kier alpha value is -0.420. The smallest absolute Gasteiger partial charge is 0.0558 e. The van der Waals surface area contributed by atoms with Crippen LogP contribution in [0.15, 0.2) is 16.8 Å². The van der Waals surface area contributed by atoms with E-state index < -0.39 is 0 Å². The van der Waals surface area contributed by atoms with Gasteiger partial charge in [-0.3, -0.25) is 4.90 Å². The van der Waals surface area contributed by atoms with E-state index >= 15 is 0 Å². The summed E-state index contributed by atoms with van der Waals surface area (Å²) < 4.78 is 0. The van der Waals surface area contributed by atoms with Gasteiger partial charge in [0.05, 0.1) is 12.6 Å². The predicted octanol–water partition coefficient (Wildman–Crippen LogP) is 1.45. The number of nitrogens with two attached hydrogens (primary N) is 1. The third kappa shape index (κ3) is 3.28. The first kappa shape index (κ1) is 12.6. The maximum absolute atomic E-state index is 9.02. The van der Waals surface area contributed by atoms with Crippen molar-refractivity contribution in [3.63, 3.8) is 0 Å². The molecule has 2 unspecified atom stereocenters. The van der Waals surface area contributed by atoms with Gasteiger partial charge in [-0.1, -0.05) is 6.92 Å². The second kappa shape index (κ2) is 6.23. The highest BCUT2D eigenvalue weighted by Crippen LogP contribution is 2.24. The number of aliphatic hydroxyl groups is 1. The van der Waals surface area contributed by atoms with Crippen molar-refractivity contribution in [1.82, 2.24) is 4.90 Å². The zero-order chi connectivity index (χ0) is 11.3. The molecular weight excluding hydrogens is 208 g/mol. The number of aliphatic hydroxyl groups excluding tert-OH is 1. The maximum atomic E-state index is 9.02. The van der Waals surface area contributed by atoms with Crippen molar-refractivity contribution in [2.75, 3.05) is 19.7 Å². The number of hydrogen-bond donors (Lipinski definition) is 2. The molecule has 3 N–H and O–H groups in total. The monoisotopic (exact) mass is 228 g/mol. The predicted molar refractivity (Wildman–Crippen MR) is 65.0 cm³/mol. The highest BCUT2D eigenvalue weighted by atomic mass is 32.1. The molecule has 0 aliphatic rings. The van der Waals surface area contributed by atoms with Crippen LogP contribution in [0.4, 0.5) is 0 Å². The minimum atomic E-state index is 0.0751. The summed E-state index contributed by atoms with van der Waals surface area (Å²) in [6, 6.07) is 2.40. The molecule has 0 radical (unpaired) electrons. The van der Waals surface area contributed by atoms with Gasteiger partial charge in [0.1, 0.15) is 0 Å². The largest absolute Gasteiger partial charge is 0.395 e. The molecule has 0 aromatic carbocycles. The van der Waals surface area contributed by atoms with Crippen molar-refractivity contribution in [2.45, 2.75) is 25.9 Å². The second-order valence-electron chi connectivity index (χ2n) is 3.71. The molecule has 4 heteroatoms. The van der Waals surface area contributed by atoms with E-state index in [2.05, 4.69) is 28.7 Å². The Morgan fingerprint density at radius 2 is 2.33 bits per heavy atom. The third-order valence-electron chi connectivity index (χ3n) is 2.57. The van der Waals surface area contributed by atoms with Crippen molar-refractivity contribution in [3.8, 4) is 0 Å². The fourth-order valence-corrected chi connectivity index (χ4v) is 2.60. The van der Waals surface area contributed by atoms with E-state index in [4.69, 9.17) is 10.8 Å². The Balaban J connectivity index is 2.81. The van der Waals surface area contributed by atoms with Gasteiger partial charge in [-0.25, -0.2) is 0 Å². The molecule has 0 aliphatic carbocycles. The minimum Gasteiger partial charge on any atom is -0.395 e. The molecular formula is C11H20N2OS. The average molecular weight is 228 g/mol. The lowest BCUT2D eigenvalue weighted by atomic mass is 10.0. The Labute approximate surface area is 95.5 Å². The molecule has 0 fully saturated rings. The second-order valence-corrected chi connectivity index (χ2v) is 4.49.